The van der Waals surface area contributed by atoms with Gasteiger partial charge in [0.1, 0.15) is 42.4 Å². The summed E-state index contributed by atoms with van der Waals surface area (Å²) in [5.74, 6) is -0.380. The first-order valence-corrected chi connectivity index (χ1v) is 20.4. The van der Waals surface area contributed by atoms with Gasteiger partial charge in [-0.25, -0.2) is 18.3 Å². The highest BCUT2D eigenvalue weighted by atomic mass is 31.2. The fourth-order valence-electron chi connectivity index (χ4n) is 6.44. The number of nitrogens with two attached hydrogens (primary N) is 1. The summed E-state index contributed by atoms with van der Waals surface area (Å²) < 4.78 is 81.9. The Morgan fingerprint density at radius 1 is 1.07 bits per heavy atom. The Balaban J connectivity index is 1.31. The molecule has 1 aliphatic heterocycles. The monoisotopic (exact) mass is 800 g/mol. The van der Waals surface area contributed by atoms with Gasteiger partial charge in [-0.2, -0.15) is 19.4 Å². The Hall–Kier alpha value is -4.52. The maximum atomic E-state index is 14.7. The third-order valence-electron chi connectivity index (χ3n) is 9.41. The number of anilines is 1. The second-order valence-corrected chi connectivity index (χ2v) is 15.4. The molecule has 13 nitrogen and oxygen atoms in total. The molecule has 3 heterocycles. The number of aliphatic hydroxyl groups is 1. The lowest BCUT2D eigenvalue weighted by molar-refractivity contribution is -0.146. The van der Waals surface area contributed by atoms with Crippen LogP contribution in [0.25, 0.3) is 11.2 Å². The number of ether oxygens (including phenoxy) is 2. The standard InChI is InChI=1S/C39H48F3N6O7P/c1-3-5-6-7-8-9-10-11-12-16-19-52-37(50)31(22-27-20-28(40)23-29(41)21-27)47-56(51,55-30-17-14-13-15-18-30)53-25-39(4-2)32(49)24-33(54-39)48-26-44-34-35(43)45-38(42)46-36(34)48/h2,13-15,17-18,20-21,23,26,31-33,49H,3,5-12,16,19,22,24-25H2,1H3,(H,47,51)(H2,43,45,46)/t31-,32-,33+,39+,56-/m0/s1. The molecule has 0 unspecified atom stereocenters. The normalized spacial score (nSPS) is 19.7. The third-order valence-corrected chi connectivity index (χ3v) is 11.0. The lowest BCUT2D eigenvalue weighted by Gasteiger charge is -2.30. The molecule has 302 valence electrons. The molecule has 4 aromatic rings. The predicted octanol–water partition coefficient (Wildman–Crippen LogP) is 7.35. The van der Waals surface area contributed by atoms with Crippen molar-refractivity contribution in [2.24, 2.45) is 0 Å². The molecule has 4 N–H and O–H groups in total. The summed E-state index contributed by atoms with van der Waals surface area (Å²) in [6, 6.07) is 9.17. The van der Waals surface area contributed by atoms with Crippen molar-refractivity contribution in [3.63, 3.8) is 0 Å². The number of aromatic nitrogens is 4. The first kappa shape index (κ1) is 42.6. The number of nitrogens with one attached hydrogen (secondary N) is 1. The van der Waals surface area contributed by atoms with Crippen molar-refractivity contribution in [1.82, 2.24) is 24.6 Å². The molecule has 1 fully saturated rings. The van der Waals surface area contributed by atoms with Crippen LogP contribution in [0.2, 0.25) is 0 Å². The van der Waals surface area contributed by atoms with Gasteiger partial charge in [-0.15, -0.1) is 6.42 Å². The molecular weight excluding hydrogens is 752 g/mol. The van der Waals surface area contributed by atoms with Crippen LogP contribution in [0.3, 0.4) is 0 Å². The van der Waals surface area contributed by atoms with Crippen LogP contribution >= 0.6 is 7.75 Å². The van der Waals surface area contributed by atoms with Crippen LogP contribution in [0, 0.1) is 30.1 Å². The van der Waals surface area contributed by atoms with Crippen molar-refractivity contribution in [3.05, 3.63) is 78.1 Å². The molecule has 0 saturated carbocycles. The smallest absolute Gasteiger partial charge is 0.459 e. The van der Waals surface area contributed by atoms with Gasteiger partial charge in [0.25, 0.3) is 0 Å². The van der Waals surface area contributed by atoms with Crippen LogP contribution in [0.5, 0.6) is 5.75 Å². The molecule has 2 aromatic carbocycles. The maximum Gasteiger partial charge on any atom is 0.459 e. The van der Waals surface area contributed by atoms with Gasteiger partial charge in [0.2, 0.25) is 0 Å². The Bertz CT molecular complexity index is 1980. The molecule has 0 aliphatic carbocycles. The Morgan fingerprint density at radius 3 is 2.39 bits per heavy atom. The van der Waals surface area contributed by atoms with E-state index in [4.69, 9.17) is 30.7 Å². The number of esters is 1. The van der Waals surface area contributed by atoms with E-state index in [0.29, 0.717) is 12.5 Å². The van der Waals surface area contributed by atoms with Gasteiger partial charge in [0, 0.05) is 12.5 Å². The number of terminal acetylenes is 1. The average molecular weight is 801 g/mol. The number of fused-ring (bicyclic) bond motifs is 1. The lowest BCUT2D eigenvalue weighted by Crippen LogP contribution is -2.44. The zero-order valence-electron chi connectivity index (χ0n) is 31.2. The number of halogens is 3. The average Bonchev–Trinajstić information content (AvgIpc) is 3.73. The lowest BCUT2D eigenvalue weighted by atomic mass is 9.99. The van der Waals surface area contributed by atoms with Gasteiger partial charge in [0.05, 0.1) is 12.9 Å². The minimum Gasteiger partial charge on any atom is -0.465 e. The highest BCUT2D eigenvalue weighted by molar-refractivity contribution is 7.52. The van der Waals surface area contributed by atoms with Crippen LogP contribution in [0.4, 0.5) is 19.0 Å². The number of hydrogen-bond acceptors (Lipinski definition) is 11. The SMILES string of the molecule is C#C[C@]1(CO[P@@](=O)(N[C@@H](Cc2cc(F)cc(F)c2)C(=O)OCCCCCCCCCCCC)Oc2ccccc2)O[C@@H](n2cnc3c(N)nc(F)nc32)C[C@@H]1O. The molecule has 0 bridgehead atoms. The summed E-state index contributed by atoms with van der Waals surface area (Å²) in [6.07, 6.45) is 13.8. The zero-order valence-corrected chi connectivity index (χ0v) is 32.1. The van der Waals surface area contributed by atoms with E-state index in [0.717, 1.165) is 37.8 Å². The van der Waals surface area contributed by atoms with Gasteiger partial charge < -0.3 is 24.8 Å². The van der Waals surface area contributed by atoms with E-state index >= 15 is 0 Å². The third kappa shape index (κ3) is 11.5. The van der Waals surface area contributed by atoms with E-state index in [1.54, 1.807) is 18.2 Å². The number of nitrogens with zero attached hydrogens (tertiary/aromatic N) is 4. The van der Waals surface area contributed by atoms with E-state index in [1.807, 2.05) is 0 Å². The van der Waals surface area contributed by atoms with E-state index < -0.39 is 62.0 Å². The Labute approximate surface area is 324 Å². The van der Waals surface area contributed by atoms with Crippen molar-refractivity contribution < 1.29 is 46.2 Å². The highest BCUT2D eigenvalue weighted by Gasteiger charge is 2.50. The first-order valence-electron chi connectivity index (χ1n) is 18.8. The van der Waals surface area contributed by atoms with Crippen molar-refractivity contribution in [1.29, 1.82) is 0 Å². The number of unbranched alkanes of at least 4 members (excludes halogenated alkanes) is 9. The number of nitrogen functional groups attached to an aromatic ring is 1. The largest absolute Gasteiger partial charge is 0.465 e. The molecule has 56 heavy (non-hydrogen) atoms. The number of aliphatic hydroxyl groups excluding tert-OH is 1. The number of para-hydroxylation sites is 1. The number of carbonyl (C=O) groups is 1. The Morgan fingerprint density at radius 2 is 1.73 bits per heavy atom. The maximum absolute atomic E-state index is 14.7. The van der Waals surface area contributed by atoms with Crippen molar-refractivity contribution in [3.8, 4) is 18.1 Å². The summed E-state index contributed by atoms with van der Waals surface area (Å²) in [7, 11) is -4.68. The second-order valence-electron chi connectivity index (χ2n) is 13.7. The molecule has 1 aliphatic rings. The van der Waals surface area contributed by atoms with Crippen LogP contribution in [-0.4, -0.2) is 61.6 Å². The summed E-state index contributed by atoms with van der Waals surface area (Å²) in [5.41, 5.74) is 3.98. The number of hydrogen-bond donors (Lipinski definition) is 3. The molecule has 5 atom stereocenters. The molecule has 17 heteroatoms. The number of imidazole rings is 1. The van der Waals surface area contributed by atoms with Gasteiger partial charge in [0.15, 0.2) is 22.6 Å². The topological polar surface area (TPSA) is 173 Å². The van der Waals surface area contributed by atoms with Crippen LogP contribution in [0.15, 0.2) is 54.9 Å². The summed E-state index contributed by atoms with van der Waals surface area (Å²) in [6.45, 7) is 1.50. The van der Waals surface area contributed by atoms with E-state index in [1.165, 1.54) is 55.1 Å². The summed E-state index contributed by atoms with van der Waals surface area (Å²) in [4.78, 5) is 25.0. The Kier molecular flexibility index (Phi) is 15.3. The summed E-state index contributed by atoms with van der Waals surface area (Å²) >= 11 is 0. The van der Waals surface area contributed by atoms with Crippen LogP contribution < -0.4 is 15.3 Å². The fraction of sp³-hybridized carbons (Fsp3) is 0.487. The van der Waals surface area contributed by atoms with Crippen LogP contribution in [0.1, 0.15) is 89.3 Å². The van der Waals surface area contributed by atoms with Gasteiger partial charge in [-0.3, -0.25) is 13.9 Å². The summed E-state index contributed by atoms with van der Waals surface area (Å²) in [5, 5.41) is 13.8. The van der Waals surface area contributed by atoms with Gasteiger partial charge in [-0.05, 0) is 42.7 Å². The molecule has 0 radical (unpaired) electrons. The van der Waals surface area contributed by atoms with E-state index in [9.17, 15) is 27.6 Å². The highest BCUT2D eigenvalue weighted by Crippen LogP contribution is 2.48. The molecule has 1 saturated heterocycles. The van der Waals surface area contributed by atoms with Crippen molar-refractivity contribution in [2.45, 2.75) is 108 Å². The molecule has 5 rings (SSSR count). The van der Waals surface area contributed by atoms with Crippen molar-refractivity contribution in [2.75, 3.05) is 18.9 Å². The molecule has 0 spiro atoms. The number of benzene rings is 2. The molecule has 2 aromatic heterocycles. The first-order chi connectivity index (χ1) is 26.9. The molecular formula is C39H48F3N6O7P. The van der Waals surface area contributed by atoms with E-state index in [2.05, 4.69) is 32.9 Å². The number of rotatable bonds is 22. The minimum absolute atomic E-state index is 0.0198. The quantitative estimate of drug-likeness (QED) is 0.0238. The van der Waals surface area contributed by atoms with Crippen molar-refractivity contribution >= 4 is 30.7 Å². The fourth-order valence-corrected chi connectivity index (χ4v) is 7.95. The van der Waals surface area contributed by atoms with E-state index in [-0.39, 0.29) is 47.7 Å². The second kappa shape index (κ2) is 20.1. The predicted molar refractivity (Wildman–Crippen MR) is 202 cm³/mol. The molecule has 0 amide bonds. The van der Waals surface area contributed by atoms with Gasteiger partial charge >= 0.3 is 19.8 Å². The zero-order chi connectivity index (χ0) is 40.1. The van der Waals surface area contributed by atoms with Gasteiger partial charge in [-0.1, -0.05) is 88.8 Å². The number of carbonyl (C=O) groups excluding carboxylic acids is 1. The van der Waals surface area contributed by atoms with Crippen LogP contribution in [-0.2, 0) is 29.8 Å². The minimum atomic E-state index is -4.68.